The lowest BCUT2D eigenvalue weighted by atomic mass is 10.1. The van der Waals surface area contributed by atoms with E-state index in [-0.39, 0.29) is 5.78 Å². The zero-order chi connectivity index (χ0) is 9.84. The van der Waals surface area contributed by atoms with Crippen molar-refractivity contribution in [3.63, 3.8) is 0 Å². The SMILES string of the molecule is CC(=O)c1cccc(N[N+](=O)[O-])c1. The van der Waals surface area contributed by atoms with Gasteiger partial charge in [0.2, 0.25) is 0 Å². The van der Waals surface area contributed by atoms with Gasteiger partial charge in [0.05, 0.1) is 0 Å². The van der Waals surface area contributed by atoms with E-state index in [0.717, 1.165) is 0 Å². The van der Waals surface area contributed by atoms with Crippen molar-refractivity contribution in [3.8, 4) is 0 Å². The van der Waals surface area contributed by atoms with E-state index in [1.54, 1.807) is 12.1 Å². The first-order valence-corrected chi connectivity index (χ1v) is 3.61. The number of hydrogen-bond acceptors (Lipinski definition) is 3. The van der Waals surface area contributed by atoms with Crippen molar-refractivity contribution in [1.82, 2.24) is 0 Å². The molecule has 0 fully saturated rings. The largest absolute Gasteiger partial charge is 0.295 e. The van der Waals surface area contributed by atoms with E-state index in [9.17, 15) is 14.9 Å². The molecule has 0 saturated carbocycles. The summed E-state index contributed by atoms with van der Waals surface area (Å²) in [6, 6.07) is 6.15. The molecule has 0 spiro atoms. The number of benzene rings is 1. The van der Waals surface area contributed by atoms with Crippen LogP contribution in [0.1, 0.15) is 17.3 Å². The molecule has 0 aromatic heterocycles. The maximum atomic E-state index is 10.9. The maximum absolute atomic E-state index is 10.9. The van der Waals surface area contributed by atoms with Crippen LogP contribution in [0.15, 0.2) is 24.3 Å². The topological polar surface area (TPSA) is 72.2 Å². The van der Waals surface area contributed by atoms with Crippen LogP contribution >= 0.6 is 0 Å². The fourth-order valence-corrected chi connectivity index (χ4v) is 0.913. The van der Waals surface area contributed by atoms with Gasteiger partial charge in [-0.1, -0.05) is 12.1 Å². The molecule has 5 heteroatoms. The molecule has 0 heterocycles. The lowest BCUT2D eigenvalue weighted by Crippen LogP contribution is -2.08. The third-order valence-electron chi connectivity index (χ3n) is 1.49. The second kappa shape index (κ2) is 3.66. The van der Waals surface area contributed by atoms with Gasteiger partial charge in [0, 0.05) is 5.56 Å². The molecule has 0 amide bonds. The molecule has 68 valence electrons. The summed E-state index contributed by atoms with van der Waals surface area (Å²) in [7, 11) is 0. The predicted octanol–water partition coefficient (Wildman–Crippen LogP) is 1.49. The highest BCUT2D eigenvalue weighted by Crippen LogP contribution is 2.10. The van der Waals surface area contributed by atoms with Crippen molar-refractivity contribution in [1.29, 1.82) is 0 Å². The molecule has 1 rings (SSSR count). The minimum absolute atomic E-state index is 0.119. The zero-order valence-electron chi connectivity index (χ0n) is 6.98. The standard InChI is InChI=1S/C8H8N2O3/c1-6(11)7-3-2-4-8(5-7)9-10(12)13/h2-5,9H,1H3. The highest BCUT2D eigenvalue weighted by molar-refractivity contribution is 5.94. The van der Waals surface area contributed by atoms with Crippen LogP contribution in [0.5, 0.6) is 0 Å². The van der Waals surface area contributed by atoms with E-state index in [4.69, 9.17) is 0 Å². The Morgan fingerprint density at radius 1 is 1.54 bits per heavy atom. The lowest BCUT2D eigenvalue weighted by Gasteiger charge is -1.98. The summed E-state index contributed by atoms with van der Waals surface area (Å²) in [5, 5.41) is 9.39. The number of anilines is 1. The number of rotatable bonds is 3. The molecule has 5 nitrogen and oxygen atoms in total. The number of carbonyl (C=O) groups is 1. The van der Waals surface area contributed by atoms with Gasteiger partial charge in [-0.15, -0.1) is 5.43 Å². The van der Waals surface area contributed by atoms with Crippen molar-refractivity contribution in [2.75, 3.05) is 5.43 Å². The molecular weight excluding hydrogens is 172 g/mol. The second-order valence-electron chi connectivity index (χ2n) is 2.51. The van der Waals surface area contributed by atoms with Gasteiger partial charge in [-0.05, 0) is 19.1 Å². The second-order valence-corrected chi connectivity index (χ2v) is 2.51. The Bertz CT molecular complexity index is 349. The predicted molar refractivity (Wildman–Crippen MR) is 47.1 cm³/mol. The van der Waals surface area contributed by atoms with Gasteiger partial charge in [-0.3, -0.25) is 4.79 Å². The van der Waals surface area contributed by atoms with E-state index in [2.05, 4.69) is 0 Å². The number of ketones is 1. The van der Waals surface area contributed by atoms with Crippen LogP contribution in [0.4, 0.5) is 5.69 Å². The molecule has 0 atom stereocenters. The van der Waals surface area contributed by atoms with Crippen molar-refractivity contribution >= 4 is 11.5 Å². The molecule has 0 aliphatic rings. The van der Waals surface area contributed by atoms with Gasteiger partial charge < -0.3 is 0 Å². The normalized spacial score (nSPS) is 9.31. The number of hydrazine groups is 1. The Morgan fingerprint density at radius 3 is 2.77 bits per heavy atom. The van der Waals surface area contributed by atoms with Gasteiger partial charge in [-0.2, -0.15) is 0 Å². The van der Waals surface area contributed by atoms with Gasteiger partial charge in [0.25, 0.3) is 0 Å². The fraction of sp³-hybridized carbons (Fsp3) is 0.125. The Labute approximate surface area is 74.5 Å². The highest BCUT2D eigenvalue weighted by atomic mass is 16.7. The summed E-state index contributed by atoms with van der Waals surface area (Å²) in [6.07, 6.45) is 0. The number of Topliss-reactive ketones (excluding diaryl/α,β-unsaturated/α-hetero) is 1. The molecule has 0 aliphatic carbocycles. The number of nitro groups is 1. The molecule has 1 N–H and O–H groups in total. The average Bonchev–Trinajstić information content (AvgIpc) is 2.03. The Kier molecular flexibility index (Phi) is 2.59. The number of nitrogens with one attached hydrogen (secondary N) is 1. The molecule has 0 radical (unpaired) electrons. The van der Waals surface area contributed by atoms with Gasteiger partial charge in [0.1, 0.15) is 5.69 Å². The quantitative estimate of drug-likeness (QED) is 0.434. The minimum Gasteiger partial charge on any atom is -0.295 e. The van der Waals surface area contributed by atoms with E-state index in [1.165, 1.54) is 19.1 Å². The van der Waals surface area contributed by atoms with Crippen LogP contribution in [-0.4, -0.2) is 10.8 Å². The Hall–Kier alpha value is -1.91. The van der Waals surface area contributed by atoms with Crippen LogP contribution in [0, 0.1) is 10.1 Å². The first kappa shape index (κ1) is 9.18. The van der Waals surface area contributed by atoms with Gasteiger partial charge >= 0.3 is 0 Å². The molecule has 0 unspecified atom stereocenters. The van der Waals surface area contributed by atoms with E-state index < -0.39 is 5.03 Å². The summed E-state index contributed by atoms with van der Waals surface area (Å²) < 4.78 is 0. The smallest absolute Gasteiger partial charge is 0.162 e. The molecule has 0 aliphatic heterocycles. The van der Waals surface area contributed by atoms with E-state index in [0.29, 0.717) is 11.3 Å². The molecule has 0 bridgehead atoms. The Balaban J connectivity index is 2.91. The zero-order valence-corrected chi connectivity index (χ0v) is 6.98. The first-order valence-electron chi connectivity index (χ1n) is 3.61. The third-order valence-corrected chi connectivity index (χ3v) is 1.49. The van der Waals surface area contributed by atoms with Crippen LogP contribution < -0.4 is 5.43 Å². The average molecular weight is 180 g/mol. The molecule has 0 saturated heterocycles. The van der Waals surface area contributed by atoms with Crippen LogP contribution in [0.2, 0.25) is 0 Å². The van der Waals surface area contributed by atoms with Crippen molar-refractivity contribution in [2.45, 2.75) is 6.92 Å². The third kappa shape index (κ3) is 2.55. The summed E-state index contributed by atoms with van der Waals surface area (Å²) in [5.41, 5.74) is 2.72. The van der Waals surface area contributed by atoms with Crippen LogP contribution in [-0.2, 0) is 0 Å². The van der Waals surface area contributed by atoms with Gasteiger partial charge in [-0.25, -0.2) is 10.1 Å². The maximum Gasteiger partial charge on any atom is 0.162 e. The van der Waals surface area contributed by atoms with E-state index in [1.807, 2.05) is 5.43 Å². The summed E-state index contributed by atoms with van der Waals surface area (Å²) in [6.45, 7) is 1.41. The summed E-state index contributed by atoms with van der Waals surface area (Å²) in [5.74, 6) is -0.119. The number of hydrogen-bond donors (Lipinski definition) is 1. The highest BCUT2D eigenvalue weighted by Gasteiger charge is 2.02. The van der Waals surface area contributed by atoms with Gasteiger partial charge in [0.15, 0.2) is 10.8 Å². The van der Waals surface area contributed by atoms with Crippen molar-refractivity contribution < 1.29 is 9.83 Å². The lowest BCUT2D eigenvalue weighted by molar-refractivity contribution is -0.445. The molecule has 13 heavy (non-hydrogen) atoms. The molecular formula is C8H8N2O3. The van der Waals surface area contributed by atoms with Crippen molar-refractivity contribution in [2.24, 2.45) is 0 Å². The van der Waals surface area contributed by atoms with Crippen LogP contribution in [0.3, 0.4) is 0 Å². The molecule has 1 aromatic carbocycles. The minimum atomic E-state index is -0.667. The monoisotopic (exact) mass is 180 g/mol. The van der Waals surface area contributed by atoms with E-state index >= 15 is 0 Å². The van der Waals surface area contributed by atoms with Crippen LogP contribution in [0.25, 0.3) is 0 Å². The first-order chi connectivity index (χ1) is 6.09. The summed E-state index contributed by atoms with van der Waals surface area (Å²) >= 11 is 0. The number of carbonyl (C=O) groups excluding carboxylic acids is 1. The Morgan fingerprint density at radius 2 is 2.23 bits per heavy atom. The molecule has 1 aromatic rings. The van der Waals surface area contributed by atoms with Crippen molar-refractivity contribution in [3.05, 3.63) is 39.9 Å². The fourth-order valence-electron chi connectivity index (χ4n) is 0.913. The summed E-state index contributed by atoms with van der Waals surface area (Å²) in [4.78, 5) is 20.9. The number of nitrogens with zero attached hydrogens (tertiary/aromatic N) is 1.